The second-order valence-corrected chi connectivity index (χ2v) is 8.03. The van der Waals surface area contributed by atoms with Crippen LogP contribution < -0.4 is 16.6 Å². The molecule has 0 aliphatic rings. The van der Waals surface area contributed by atoms with Gasteiger partial charge in [0.2, 0.25) is 0 Å². The topological polar surface area (TPSA) is 131 Å². The summed E-state index contributed by atoms with van der Waals surface area (Å²) in [6, 6.07) is 14.6. The molecule has 0 unspecified atom stereocenters. The van der Waals surface area contributed by atoms with Gasteiger partial charge in [-0.05, 0) is 44.0 Å². The first-order valence-corrected chi connectivity index (χ1v) is 9.43. The van der Waals surface area contributed by atoms with Crippen molar-refractivity contribution in [1.82, 2.24) is 10.7 Å². The fourth-order valence-electron chi connectivity index (χ4n) is 3.05. The molecule has 0 saturated carbocycles. The first-order chi connectivity index (χ1) is 14.0. The van der Waals surface area contributed by atoms with Crippen molar-refractivity contribution < 1.29 is 24.2 Å². The Balaban J connectivity index is 2.40. The molecular formula is C22H27N3O5. The number of carboxylic acids is 1. The number of hydrogen-bond donors (Lipinski definition) is 4. The van der Waals surface area contributed by atoms with Crippen molar-refractivity contribution in [1.29, 1.82) is 0 Å². The molecule has 160 valence electrons. The Morgan fingerprint density at radius 3 is 2.13 bits per heavy atom. The van der Waals surface area contributed by atoms with E-state index in [2.05, 4.69) is 5.32 Å². The van der Waals surface area contributed by atoms with Crippen molar-refractivity contribution in [2.45, 2.75) is 44.8 Å². The number of ether oxygens (including phenoxy) is 1. The van der Waals surface area contributed by atoms with Crippen molar-refractivity contribution in [2.24, 2.45) is 5.84 Å². The Bertz CT molecular complexity index is 908. The molecule has 0 aliphatic carbocycles. The van der Waals surface area contributed by atoms with Gasteiger partial charge in [-0.1, -0.05) is 42.5 Å². The van der Waals surface area contributed by atoms with Crippen LogP contribution in [0.2, 0.25) is 0 Å². The van der Waals surface area contributed by atoms with Crippen LogP contribution in [0.5, 0.6) is 0 Å². The minimum atomic E-state index is -1.68. The monoisotopic (exact) mass is 413 g/mol. The predicted octanol–water partition coefficient (Wildman–Crippen LogP) is 2.42. The number of esters is 1. The highest BCUT2D eigenvalue weighted by Gasteiger charge is 2.40. The standard InChI is InChI=1S/C22H27N3O5/c1-21(2,3)30-18(26)17-11-7-10-16(12-17)14-22(19(27)28,24-20(29)25-23)13-15-8-5-4-6-9-15/h4-12H,13-14,23H2,1-3H3,(H,27,28)(H2,24,25,29)/t22-/m1/s1. The van der Waals surface area contributed by atoms with Crippen LogP contribution in [0.25, 0.3) is 0 Å². The van der Waals surface area contributed by atoms with Gasteiger partial charge in [0.15, 0.2) is 0 Å². The van der Waals surface area contributed by atoms with Crippen molar-refractivity contribution in [2.75, 3.05) is 0 Å². The van der Waals surface area contributed by atoms with Crippen LogP contribution in [-0.2, 0) is 22.4 Å². The van der Waals surface area contributed by atoms with Gasteiger partial charge >= 0.3 is 18.0 Å². The molecule has 0 spiro atoms. The van der Waals surface area contributed by atoms with E-state index in [1.54, 1.807) is 69.3 Å². The second kappa shape index (κ2) is 9.41. The quantitative estimate of drug-likeness (QED) is 0.239. The highest BCUT2D eigenvalue weighted by molar-refractivity contribution is 5.90. The van der Waals surface area contributed by atoms with E-state index < -0.39 is 29.1 Å². The van der Waals surface area contributed by atoms with Gasteiger partial charge in [0, 0.05) is 12.8 Å². The summed E-state index contributed by atoms with van der Waals surface area (Å²) in [5.41, 5.74) is 1.14. The van der Waals surface area contributed by atoms with E-state index in [0.717, 1.165) is 5.56 Å². The number of carbonyl (C=O) groups excluding carboxylic acids is 2. The highest BCUT2D eigenvalue weighted by atomic mass is 16.6. The van der Waals surface area contributed by atoms with E-state index in [1.807, 2.05) is 11.5 Å². The second-order valence-electron chi connectivity index (χ2n) is 8.03. The van der Waals surface area contributed by atoms with Crippen LogP contribution in [-0.4, -0.2) is 34.2 Å². The molecule has 8 heteroatoms. The lowest BCUT2D eigenvalue weighted by atomic mass is 9.84. The van der Waals surface area contributed by atoms with Crippen molar-refractivity contribution >= 4 is 18.0 Å². The van der Waals surface area contributed by atoms with Crippen LogP contribution in [0.4, 0.5) is 4.79 Å². The summed E-state index contributed by atoms with van der Waals surface area (Å²) < 4.78 is 5.38. The fourth-order valence-corrected chi connectivity index (χ4v) is 3.05. The third kappa shape index (κ3) is 6.31. The third-order valence-corrected chi connectivity index (χ3v) is 4.31. The fraction of sp³-hybridized carbons (Fsp3) is 0.318. The third-order valence-electron chi connectivity index (χ3n) is 4.31. The molecule has 0 aliphatic heterocycles. The number of nitrogens with two attached hydrogens (primary N) is 1. The van der Waals surface area contributed by atoms with E-state index in [-0.39, 0.29) is 12.8 Å². The lowest BCUT2D eigenvalue weighted by molar-refractivity contribution is -0.144. The van der Waals surface area contributed by atoms with E-state index in [1.165, 1.54) is 0 Å². The summed E-state index contributed by atoms with van der Waals surface area (Å²) in [5, 5.41) is 12.5. The molecule has 30 heavy (non-hydrogen) atoms. The lowest BCUT2D eigenvalue weighted by Gasteiger charge is -2.31. The number of rotatable bonds is 7. The van der Waals surface area contributed by atoms with E-state index in [9.17, 15) is 19.5 Å². The van der Waals surface area contributed by atoms with Crippen molar-refractivity contribution in [3.63, 3.8) is 0 Å². The van der Waals surface area contributed by atoms with Crippen LogP contribution in [0, 0.1) is 0 Å². The van der Waals surface area contributed by atoms with Crippen LogP contribution in [0.15, 0.2) is 54.6 Å². The van der Waals surface area contributed by atoms with Gasteiger partial charge in [0.05, 0.1) is 5.56 Å². The zero-order valence-electron chi connectivity index (χ0n) is 17.3. The molecule has 0 fully saturated rings. The number of hydrazine groups is 1. The molecule has 5 N–H and O–H groups in total. The number of benzene rings is 2. The van der Waals surface area contributed by atoms with Gasteiger partial charge < -0.3 is 15.2 Å². The molecule has 2 amide bonds. The van der Waals surface area contributed by atoms with Gasteiger partial charge in [-0.25, -0.2) is 20.2 Å². The minimum Gasteiger partial charge on any atom is -0.479 e. The molecular weight excluding hydrogens is 386 g/mol. The largest absolute Gasteiger partial charge is 0.479 e. The molecule has 8 nitrogen and oxygen atoms in total. The number of urea groups is 1. The summed E-state index contributed by atoms with van der Waals surface area (Å²) in [6.45, 7) is 5.29. The lowest BCUT2D eigenvalue weighted by Crippen LogP contribution is -2.60. The zero-order chi connectivity index (χ0) is 22.4. The minimum absolute atomic E-state index is 0.0211. The van der Waals surface area contributed by atoms with Gasteiger partial charge in [0.25, 0.3) is 0 Å². The number of carbonyl (C=O) groups is 3. The number of amides is 2. The predicted molar refractivity (Wildman–Crippen MR) is 112 cm³/mol. The van der Waals surface area contributed by atoms with Gasteiger partial charge in [-0.3, -0.25) is 5.43 Å². The van der Waals surface area contributed by atoms with Gasteiger partial charge in [-0.2, -0.15) is 0 Å². The number of aliphatic carboxylic acids is 1. The SMILES string of the molecule is CC(C)(C)OC(=O)c1cccc(C[C@@](Cc2ccccc2)(NC(=O)NN)C(=O)O)c1. The molecule has 2 rings (SSSR count). The first-order valence-electron chi connectivity index (χ1n) is 9.43. The average molecular weight is 413 g/mol. The Morgan fingerprint density at radius 2 is 1.57 bits per heavy atom. The summed E-state index contributed by atoms with van der Waals surface area (Å²) >= 11 is 0. The molecule has 0 heterocycles. The highest BCUT2D eigenvalue weighted by Crippen LogP contribution is 2.22. The number of nitrogens with one attached hydrogen (secondary N) is 2. The Kier molecular flexibility index (Phi) is 7.18. The smallest absolute Gasteiger partial charge is 0.338 e. The summed E-state index contributed by atoms with van der Waals surface area (Å²) in [4.78, 5) is 36.7. The average Bonchev–Trinajstić information content (AvgIpc) is 2.67. The van der Waals surface area contributed by atoms with Crippen LogP contribution >= 0.6 is 0 Å². The zero-order valence-corrected chi connectivity index (χ0v) is 17.3. The first kappa shape index (κ1) is 22.9. The maximum atomic E-state index is 12.4. The van der Waals surface area contributed by atoms with Crippen molar-refractivity contribution in [3.05, 3.63) is 71.3 Å². The van der Waals surface area contributed by atoms with E-state index in [0.29, 0.717) is 11.1 Å². The molecule has 0 bridgehead atoms. The Hall–Kier alpha value is -3.39. The Morgan fingerprint density at radius 1 is 0.967 bits per heavy atom. The number of hydrogen-bond acceptors (Lipinski definition) is 5. The van der Waals surface area contributed by atoms with Gasteiger partial charge in [0.1, 0.15) is 11.1 Å². The molecule has 0 radical (unpaired) electrons. The summed E-state index contributed by atoms with van der Waals surface area (Å²) in [6.07, 6.45) is -0.0471. The number of carboxylic acid groups (broad SMARTS) is 1. The van der Waals surface area contributed by atoms with Crippen molar-refractivity contribution in [3.8, 4) is 0 Å². The summed E-state index contributed by atoms with van der Waals surface area (Å²) in [7, 11) is 0. The molecule has 2 aromatic rings. The molecule has 0 aromatic heterocycles. The van der Waals surface area contributed by atoms with Crippen LogP contribution in [0.3, 0.4) is 0 Å². The maximum Gasteiger partial charge on any atom is 0.338 e. The van der Waals surface area contributed by atoms with E-state index >= 15 is 0 Å². The maximum absolute atomic E-state index is 12.4. The Labute approximate surface area is 175 Å². The normalized spacial score (nSPS) is 13.1. The van der Waals surface area contributed by atoms with Crippen LogP contribution in [0.1, 0.15) is 42.3 Å². The molecule has 0 saturated heterocycles. The van der Waals surface area contributed by atoms with Gasteiger partial charge in [-0.15, -0.1) is 0 Å². The molecule has 2 aromatic carbocycles. The summed E-state index contributed by atoms with van der Waals surface area (Å²) in [5.74, 6) is 3.44. The molecule has 1 atom stereocenters. The van der Waals surface area contributed by atoms with E-state index in [4.69, 9.17) is 10.6 Å².